The van der Waals surface area contributed by atoms with Crippen LogP contribution in [0.5, 0.6) is 5.75 Å². The minimum Gasteiger partial charge on any atom is -0.494 e. The van der Waals surface area contributed by atoms with Gasteiger partial charge in [-0.2, -0.15) is 13.2 Å². The summed E-state index contributed by atoms with van der Waals surface area (Å²) in [6.45, 7) is 2.96. The number of benzene rings is 2. The van der Waals surface area contributed by atoms with Crippen molar-refractivity contribution in [2.24, 2.45) is 5.92 Å². The van der Waals surface area contributed by atoms with Gasteiger partial charge >= 0.3 is 6.18 Å². The van der Waals surface area contributed by atoms with Crippen LogP contribution < -0.4 is 4.74 Å². The minimum absolute atomic E-state index is 0.0358. The number of amides is 1. The van der Waals surface area contributed by atoms with Gasteiger partial charge in [0.25, 0.3) is 0 Å². The maximum atomic E-state index is 12.9. The maximum Gasteiger partial charge on any atom is 0.416 e. The SMILES string of the molecule is CCOc1ccc(CN(C)C(=O)C2CC2c2cccc(C(F)(F)F)c2)cc1. The zero-order chi connectivity index (χ0) is 19.6. The third-order valence-corrected chi connectivity index (χ3v) is 4.78. The van der Waals surface area contributed by atoms with Gasteiger partial charge in [0.2, 0.25) is 5.91 Å². The highest BCUT2D eigenvalue weighted by Crippen LogP contribution is 2.49. The topological polar surface area (TPSA) is 29.5 Å². The number of carbonyl (C=O) groups excluding carboxylic acids is 1. The summed E-state index contributed by atoms with van der Waals surface area (Å²) in [4.78, 5) is 14.3. The van der Waals surface area contributed by atoms with Crippen molar-refractivity contribution in [3.63, 3.8) is 0 Å². The van der Waals surface area contributed by atoms with Gasteiger partial charge in [0, 0.05) is 19.5 Å². The van der Waals surface area contributed by atoms with E-state index in [1.807, 2.05) is 31.2 Å². The first-order valence-corrected chi connectivity index (χ1v) is 8.93. The Labute approximate surface area is 156 Å². The van der Waals surface area contributed by atoms with Crippen LogP contribution >= 0.6 is 0 Å². The van der Waals surface area contributed by atoms with Gasteiger partial charge < -0.3 is 9.64 Å². The number of rotatable bonds is 6. The minimum atomic E-state index is -4.37. The molecule has 3 rings (SSSR count). The molecule has 2 atom stereocenters. The van der Waals surface area contributed by atoms with Crippen molar-refractivity contribution in [3.05, 3.63) is 65.2 Å². The summed E-state index contributed by atoms with van der Waals surface area (Å²) in [5.74, 6) is 0.358. The summed E-state index contributed by atoms with van der Waals surface area (Å²) in [6.07, 6.45) is -3.78. The molecule has 0 radical (unpaired) electrons. The average molecular weight is 377 g/mol. The Bertz CT molecular complexity index is 802. The molecule has 0 N–H and O–H groups in total. The molecule has 144 valence electrons. The summed E-state index contributed by atoms with van der Waals surface area (Å²) in [7, 11) is 1.72. The van der Waals surface area contributed by atoms with Crippen molar-refractivity contribution in [2.45, 2.75) is 32.0 Å². The summed E-state index contributed by atoms with van der Waals surface area (Å²) in [5, 5.41) is 0. The van der Waals surface area contributed by atoms with E-state index >= 15 is 0 Å². The molecule has 1 saturated carbocycles. The highest BCUT2D eigenvalue weighted by atomic mass is 19.4. The van der Waals surface area contributed by atoms with Crippen molar-refractivity contribution < 1.29 is 22.7 Å². The van der Waals surface area contributed by atoms with Crippen LogP contribution in [0.2, 0.25) is 0 Å². The highest BCUT2D eigenvalue weighted by Gasteiger charge is 2.45. The number of hydrogen-bond acceptors (Lipinski definition) is 2. The van der Waals surface area contributed by atoms with E-state index in [2.05, 4.69) is 0 Å². The monoisotopic (exact) mass is 377 g/mol. The molecule has 0 aliphatic heterocycles. The van der Waals surface area contributed by atoms with Crippen molar-refractivity contribution in [2.75, 3.05) is 13.7 Å². The number of nitrogens with zero attached hydrogens (tertiary/aromatic N) is 1. The van der Waals surface area contributed by atoms with E-state index < -0.39 is 11.7 Å². The largest absolute Gasteiger partial charge is 0.494 e. The van der Waals surface area contributed by atoms with E-state index in [4.69, 9.17) is 4.74 Å². The van der Waals surface area contributed by atoms with Crippen LogP contribution in [0.15, 0.2) is 48.5 Å². The second kappa shape index (κ2) is 7.62. The van der Waals surface area contributed by atoms with Crippen LogP contribution in [0.4, 0.5) is 13.2 Å². The number of carbonyl (C=O) groups is 1. The zero-order valence-electron chi connectivity index (χ0n) is 15.3. The fourth-order valence-electron chi connectivity index (χ4n) is 3.27. The smallest absolute Gasteiger partial charge is 0.416 e. The normalized spacial score (nSPS) is 18.9. The van der Waals surface area contributed by atoms with Gasteiger partial charge in [-0.1, -0.05) is 30.3 Å². The number of alkyl halides is 3. The second-order valence-corrected chi connectivity index (χ2v) is 6.84. The molecular formula is C21H22F3NO2. The van der Waals surface area contributed by atoms with Crippen LogP contribution in [0.3, 0.4) is 0 Å². The number of hydrogen-bond donors (Lipinski definition) is 0. The predicted octanol–water partition coefficient (Wildman–Crippen LogP) is 4.87. The number of halogens is 3. The molecule has 6 heteroatoms. The van der Waals surface area contributed by atoms with Crippen LogP contribution in [-0.2, 0) is 17.5 Å². The van der Waals surface area contributed by atoms with E-state index in [0.717, 1.165) is 23.4 Å². The Morgan fingerprint density at radius 1 is 1.19 bits per heavy atom. The molecule has 2 aromatic rings. The molecule has 0 spiro atoms. The fourth-order valence-corrected chi connectivity index (χ4v) is 3.27. The average Bonchev–Trinajstić information content (AvgIpc) is 3.43. The van der Waals surface area contributed by atoms with E-state index in [1.54, 1.807) is 18.0 Å². The first-order chi connectivity index (χ1) is 12.8. The third kappa shape index (κ3) is 4.62. The lowest BCUT2D eigenvalue weighted by Gasteiger charge is -2.18. The van der Waals surface area contributed by atoms with Crippen molar-refractivity contribution in [1.82, 2.24) is 4.90 Å². The molecule has 0 heterocycles. The van der Waals surface area contributed by atoms with Crippen molar-refractivity contribution in [1.29, 1.82) is 0 Å². The fraction of sp³-hybridized carbons (Fsp3) is 0.381. The van der Waals surface area contributed by atoms with Crippen LogP contribution in [0.25, 0.3) is 0 Å². The highest BCUT2D eigenvalue weighted by molar-refractivity contribution is 5.82. The van der Waals surface area contributed by atoms with Crippen molar-refractivity contribution in [3.8, 4) is 5.75 Å². The van der Waals surface area contributed by atoms with E-state index in [0.29, 0.717) is 25.1 Å². The summed E-state index contributed by atoms with van der Waals surface area (Å²) in [5.41, 5.74) is 0.893. The Morgan fingerprint density at radius 2 is 1.89 bits per heavy atom. The third-order valence-electron chi connectivity index (χ3n) is 4.78. The summed E-state index contributed by atoms with van der Waals surface area (Å²) in [6, 6.07) is 12.8. The van der Waals surface area contributed by atoms with Gasteiger partial charge in [-0.25, -0.2) is 0 Å². The van der Waals surface area contributed by atoms with Crippen LogP contribution in [0, 0.1) is 5.92 Å². The Morgan fingerprint density at radius 3 is 2.52 bits per heavy atom. The van der Waals surface area contributed by atoms with Crippen LogP contribution in [-0.4, -0.2) is 24.5 Å². The predicted molar refractivity (Wildman–Crippen MR) is 96.4 cm³/mol. The number of ether oxygens (including phenoxy) is 1. The Kier molecular flexibility index (Phi) is 5.44. The van der Waals surface area contributed by atoms with Gasteiger partial charge in [0.05, 0.1) is 12.2 Å². The molecule has 27 heavy (non-hydrogen) atoms. The van der Waals surface area contributed by atoms with Gasteiger partial charge in [-0.3, -0.25) is 4.79 Å². The first-order valence-electron chi connectivity index (χ1n) is 8.93. The van der Waals surface area contributed by atoms with Gasteiger partial charge in [-0.05, 0) is 48.6 Å². The Balaban J connectivity index is 1.60. The standard InChI is InChI=1S/C21H22F3NO2/c1-3-27-17-9-7-14(8-10-17)13-25(2)20(26)19-12-18(19)15-5-4-6-16(11-15)21(22,23)24/h4-11,18-19H,3,12-13H2,1-2H3. The molecule has 0 aromatic heterocycles. The lowest BCUT2D eigenvalue weighted by Crippen LogP contribution is -2.28. The van der Waals surface area contributed by atoms with Crippen LogP contribution in [0.1, 0.15) is 36.0 Å². The van der Waals surface area contributed by atoms with E-state index in [1.165, 1.54) is 6.07 Å². The lowest BCUT2D eigenvalue weighted by atomic mass is 10.0. The molecule has 1 fully saturated rings. The Hall–Kier alpha value is -2.50. The zero-order valence-corrected chi connectivity index (χ0v) is 15.3. The molecule has 0 bridgehead atoms. The molecular weight excluding hydrogens is 355 g/mol. The molecule has 2 unspecified atom stereocenters. The maximum absolute atomic E-state index is 12.9. The van der Waals surface area contributed by atoms with Gasteiger partial charge in [-0.15, -0.1) is 0 Å². The lowest BCUT2D eigenvalue weighted by molar-refractivity contribution is -0.137. The molecule has 1 amide bonds. The van der Waals surface area contributed by atoms with E-state index in [-0.39, 0.29) is 17.7 Å². The summed E-state index contributed by atoms with van der Waals surface area (Å²) >= 11 is 0. The molecule has 0 saturated heterocycles. The second-order valence-electron chi connectivity index (χ2n) is 6.84. The molecule has 1 aliphatic rings. The van der Waals surface area contributed by atoms with Gasteiger partial charge in [0.1, 0.15) is 5.75 Å². The van der Waals surface area contributed by atoms with Gasteiger partial charge in [0.15, 0.2) is 0 Å². The van der Waals surface area contributed by atoms with Crippen molar-refractivity contribution >= 4 is 5.91 Å². The first kappa shape index (κ1) is 19.3. The molecule has 2 aromatic carbocycles. The quantitative estimate of drug-likeness (QED) is 0.719. The molecule has 3 nitrogen and oxygen atoms in total. The summed E-state index contributed by atoms with van der Waals surface area (Å²) < 4.78 is 44.0. The van der Waals surface area contributed by atoms with E-state index in [9.17, 15) is 18.0 Å². The molecule has 1 aliphatic carbocycles.